The number of amides is 1. The number of non-ortho nitro benzene ring substituents is 1. The van der Waals surface area contributed by atoms with Crippen molar-refractivity contribution in [2.24, 2.45) is 5.92 Å². The van der Waals surface area contributed by atoms with E-state index >= 15 is 0 Å². The Balaban J connectivity index is 1.83. The smallest absolute Gasteiger partial charge is 0.271 e. The summed E-state index contributed by atoms with van der Waals surface area (Å²) < 4.78 is 24.5. The van der Waals surface area contributed by atoms with Gasteiger partial charge < -0.3 is 5.32 Å². The van der Waals surface area contributed by atoms with Crippen LogP contribution in [0.15, 0.2) is 24.3 Å². The Morgan fingerprint density at radius 1 is 1.50 bits per heavy atom. The summed E-state index contributed by atoms with van der Waals surface area (Å²) in [5.41, 5.74) is 0.194. The Kier molecular flexibility index (Phi) is 4.23. The summed E-state index contributed by atoms with van der Waals surface area (Å²) >= 11 is 0. The second kappa shape index (κ2) is 5.91. The van der Waals surface area contributed by atoms with Crippen molar-refractivity contribution in [1.29, 1.82) is 0 Å². The lowest BCUT2D eigenvalue weighted by atomic mass is 10.0. The minimum Gasteiger partial charge on any atom is -0.325 e. The highest BCUT2D eigenvalue weighted by molar-refractivity contribution is 5.92. The fourth-order valence-corrected chi connectivity index (χ4v) is 2.00. The molecule has 0 aliphatic carbocycles. The van der Waals surface area contributed by atoms with E-state index in [1.807, 2.05) is 0 Å². The summed E-state index contributed by atoms with van der Waals surface area (Å²) in [4.78, 5) is 23.3. The van der Waals surface area contributed by atoms with Gasteiger partial charge >= 0.3 is 0 Å². The molecule has 1 N–H and O–H groups in total. The van der Waals surface area contributed by atoms with Gasteiger partial charge in [0.2, 0.25) is 12.3 Å². The first kappa shape index (κ1) is 14.3. The van der Waals surface area contributed by atoms with Gasteiger partial charge in [-0.1, -0.05) is 6.07 Å². The van der Waals surface area contributed by atoms with Gasteiger partial charge in [-0.05, 0) is 6.07 Å². The molecule has 0 saturated carbocycles. The van der Waals surface area contributed by atoms with E-state index in [9.17, 15) is 23.7 Å². The van der Waals surface area contributed by atoms with Crippen molar-refractivity contribution in [1.82, 2.24) is 4.90 Å². The van der Waals surface area contributed by atoms with Crippen LogP contribution in [0, 0.1) is 16.0 Å². The van der Waals surface area contributed by atoms with Crippen LogP contribution < -0.4 is 5.32 Å². The molecule has 1 aromatic carbocycles. The fourth-order valence-electron chi connectivity index (χ4n) is 2.00. The first-order chi connectivity index (χ1) is 9.45. The van der Waals surface area contributed by atoms with E-state index in [1.54, 1.807) is 4.90 Å². The molecule has 2 rings (SSSR count). The number of hydrogen-bond acceptors (Lipinski definition) is 4. The number of nitrogens with zero attached hydrogens (tertiary/aromatic N) is 2. The van der Waals surface area contributed by atoms with Gasteiger partial charge in [-0.15, -0.1) is 0 Å². The molecule has 1 saturated heterocycles. The number of nitrogens with one attached hydrogen (secondary N) is 1. The summed E-state index contributed by atoms with van der Waals surface area (Å²) in [5, 5.41) is 13.1. The monoisotopic (exact) mass is 285 g/mol. The van der Waals surface area contributed by atoms with E-state index in [4.69, 9.17) is 0 Å². The van der Waals surface area contributed by atoms with Crippen LogP contribution >= 0.6 is 0 Å². The van der Waals surface area contributed by atoms with Crippen LogP contribution in [0.4, 0.5) is 20.2 Å². The average Bonchev–Trinajstić information content (AvgIpc) is 2.33. The number of benzene rings is 1. The summed E-state index contributed by atoms with van der Waals surface area (Å²) in [6.07, 6.45) is -2.36. The molecule has 1 aliphatic rings. The van der Waals surface area contributed by atoms with Gasteiger partial charge in [0, 0.05) is 36.8 Å². The zero-order valence-corrected chi connectivity index (χ0v) is 10.5. The van der Waals surface area contributed by atoms with E-state index in [-0.39, 0.29) is 31.2 Å². The van der Waals surface area contributed by atoms with Crippen molar-refractivity contribution in [3.8, 4) is 0 Å². The maximum atomic E-state index is 12.3. The van der Waals surface area contributed by atoms with Crippen LogP contribution in [0.3, 0.4) is 0 Å². The van der Waals surface area contributed by atoms with Crippen molar-refractivity contribution in [2.75, 3.05) is 25.0 Å². The number of alkyl halides is 2. The molecule has 108 valence electrons. The molecule has 1 aliphatic heterocycles. The zero-order chi connectivity index (χ0) is 14.7. The molecule has 1 heterocycles. The van der Waals surface area contributed by atoms with Crippen molar-refractivity contribution in [3.05, 3.63) is 34.4 Å². The number of nitro benzene ring substituents is 1. The molecular formula is C12H13F2N3O3. The van der Waals surface area contributed by atoms with E-state index < -0.39 is 17.3 Å². The van der Waals surface area contributed by atoms with Gasteiger partial charge in [0.15, 0.2) is 0 Å². The molecule has 0 aromatic heterocycles. The van der Waals surface area contributed by atoms with Crippen LogP contribution in [0.2, 0.25) is 0 Å². The summed E-state index contributed by atoms with van der Waals surface area (Å²) in [7, 11) is 0. The van der Waals surface area contributed by atoms with Gasteiger partial charge in [0.25, 0.3) is 5.69 Å². The Hall–Kier alpha value is -2.09. The topological polar surface area (TPSA) is 75.5 Å². The molecular weight excluding hydrogens is 272 g/mol. The normalized spacial score (nSPS) is 15.9. The second-order valence-corrected chi connectivity index (χ2v) is 4.64. The molecule has 1 amide bonds. The number of nitro groups is 1. The zero-order valence-electron chi connectivity index (χ0n) is 10.5. The lowest BCUT2D eigenvalue weighted by molar-refractivity contribution is -0.384. The minimum absolute atomic E-state index is 0.00586. The van der Waals surface area contributed by atoms with Crippen molar-refractivity contribution < 1.29 is 18.5 Å². The number of carbonyl (C=O) groups excluding carboxylic acids is 1. The third-order valence-electron chi connectivity index (χ3n) is 3.05. The number of carbonyl (C=O) groups is 1. The standard InChI is InChI=1S/C12H13F2N3O3/c13-12(14)8-5-16(6-8)7-11(18)15-9-2-1-3-10(4-9)17(19)20/h1-4,8,12H,5-7H2,(H,15,18). The molecule has 1 aromatic rings. The molecule has 0 unspecified atom stereocenters. The third-order valence-corrected chi connectivity index (χ3v) is 3.05. The van der Waals surface area contributed by atoms with Crippen molar-refractivity contribution >= 4 is 17.3 Å². The molecule has 0 spiro atoms. The van der Waals surface area contributed by atoms with E-state index in [0.29, 0.717) is 5.69 Å². The number of halogens is 2. The molecule has 6 nitrogen and oxygen atoms in total. The van der Waals surface area contributed by atoms with Gasteiger partial charge in [0.05, 0.1) is 11.5 Å². The van der Waals surface area contributed by atoms with Crippen LogP contribution in [0.25, 0.3) is 0 Å². The van der Waals surface area contributed by atoms with Gasteiger partial charge in [-0.25, -0.2) is 8.78 Å². The SMILES string of the molecule is O=C(CN1CC(C(F)F)C1)Nc1cccc([N+](=O)[O-])c1. The number of rotatable bonds is 5. The molecule has 20 heavy (non-hydrogen) atoms. The van der Waals surface area contributed by atoms with Crippen molar-refractivity contribution in [3.63, 3.8) is 0 Å². The predicted molar refractivity (Wildman–Crippen MR) is 67.7 cm³/mol. The van der Waals surface area contributed by atoms with Crippen LogP contribution in [-0.4, -0.2) is 41.8 Å². The van der Waals surface area contributed by atoms with Crippen LogP contribution in [-0.2, 0) is 4.79 Å². The Bertz CT molecular complexity index is 518. The first-order valence-corrected chi connectivity index (χ1v) is 6.00. The quantitative estimate of drug-likeness (QED) is 0.660. The highest BCUT2D eigenvalue weighted by Gasteiger charge is 2.34. The second-order valence-electron chi connectivity index (χ2n) is 4.64. The fraction of sp³-hybridized carbons (Fsp3) is 0.417. The van der Waals surface area contributed by atoms with Crippen LogP contribution in [0.1, 0.15) is 0 Å². The summed E-state index contributed by atoms with van der Waals surface area (Å²) in [6, 6.07) is 5.56. The van der Waals surface area contributed by atoms with E-state index in [2.05, 4.69) is 5.32 Å². The summed E-state index contributed by atoms with van der Waals surface area (Å²) in [5.74, 6) is -1.04. The van der Waals surface area contributed by atoms with Gasteiger partial charge in [-0.2, -0.15) is 0 Å². The number of likely N-dealkylation sites (tertiary alicyclic amines) is 1. The largest absolute Gasteiger partial charge is 0.325 e. The van der Waals surface area contributed by atoms with Crippen LogP contribution in [0.5, 0.6) is 0 Å². The maximum Gasteiger partial charge on any atom is 0.271 e. The Morgan fingerprint density at radius 3 is 2.80 bits per heavy atom. The highest BCUT2D eigenvalue weighted by atomic mass is 19.3. The molecule has 0 radical (unpaired) electrons. The van der Waals surface area contributed by atoms with E-state index in [1.165, 1.54) is 24.3 Å². The predicted octanol–water partition coefficient (Wildman–Crippen LogP) is 1.73. The number of hydrogen-bond donors (Lipinski definition) is 1. The van der Waals surface area contributed by atoms with Gasteiger partial charge in [-0.3, -0.25) is 19.8 Å². The molecule has 0 bridgehead atoms. The maximum absolute atomic E-state index is 12.3. The first-order valence-electron chi connectivity index (χ1n) is 6.00. The third kappa shape index (κ3) is 3.47. The highest BCUT2D eigenvalue weighted by Crippen LogP contribution is 2.22. The minimum atomic E-state index is -2.36. The Morgan fingerprint density at radius 2 is 2.20 bits per heavy atom. The molecule has 8 heteroatoms. The lowest BCUT2D eigenvalue weighted by Crippen LogP contribution is -2.52. The van der Waals surface area contributed by atoms with Gasteiger partial charge in [0.1, 0.15) is 0 Å². The lowest BCUT2D eigenvalue weighted by Gasteiger charge is -2.37. The summed E-state index contributed by atoms with van der Waals surface area (Å²) in [6.45, 7) is 0.395. The molecule has 1 fully saturated rings. The van der Waals surface area contributed by atoms with Crippen molar-refractivity contribution in [2.45, 2.75) is 6.43 Å². The van der Waals surface area contributed by atoms with E-state index in [0.717, 1.165) is 0 Å². The average molecular weight is 285 g/mol. The molecule has 0 atom stereocenters. The number of anilines is 1. The Labute approximate surface area is 113 Å².